The van der Waals surface area contributed by atoms with Gasteiger partial charge in [-0.3, -0.25) is 14.4 Å². The first-order valence-electron chi connectivity index (χ1n) is 17.2. The number of rotatable bonds is 12. The number of aliphatic hydroxyl groups excluding tert-OH is 2. The van der Waals surface area contributed by atoms with Crippen molar-refractivity contribution >= 4 is 17.9 Å². The van der Waals surface area contributed by atoms with Crippen LogP contribution in [0.4, 0.5) is 0 Å². The molecule has 0 saturated heterocycles. The summed E-state index contributed by atoms with van der Waals surface area (Å²) in [5.74, 6) is -2.69. The van der Waals surface area contributed by atoms with Gasteiger partial charge in [0.05, 0.1) is 37.1 Å². The minimum atomic E-state index is -1.73. The third-order valence-electron chi connectivity index (χ3n) is 13.9. The molecule has 0 radical (unpaired) electrons. The summed E-state index contributed by atoms with van der Waals surface area (Å²) in [4.78, 5) is 35.5. The Bertz CT molecular complexity index is 1270. The third kappa shape index (κ3) is 5.98. The number of hydrogen-bond acceptors (Lipinski definition) is 7. The molecule has 0 unspecified atom stereocenters. The van der Waals surface area contributed by atoms with E-state index in [9.17, 15) is 34.8 Å². The fourth-order valence-corrected chi connectivity index (χ4v) is 10.8. The Balaban J connectivity index is 1.58. The van der Waals surface area contributed by atoms with Crippen LogP contribution in [0.15, 0.2) is 23.3 Å². The minimum absolute atomic E-state index is 0.00773. The van der Waals surface area contributed by atoms with E-state index in [1.807, 2.05) is 6.92 Å². The summed E-state index contributed by atoms with van der Waals surface area (Å²) < 4.78 is 5.92. The number of hydrogen-bond donors (Lipinski definition) is 5. The van der Waals surface area contributed by atoms with Crippen molar-refractivity contribution in [1.82, 2.24) is 0 Å². The molecule has 46 heavy (non-hydrogen) atoms. The van der Waals surface area contributed by atoms with Gasteiger partial charge in [-0.2, -0.15) is 0 Å². The summed E-state index contributed by atoms with van der Waals surface area (Å²) in [6.07, 6.45) is 4.86. The number of allylic oxidation sites excluding steroid dienone is 1. The Morgan fingerprint density at radius 2 is 1.67 bits per heavy atom. The van der Waals surface area contributed by atoms with Crippen molar-refractivity contribution in [2.75, 3.05) is 6.61 Å². The molecule has 0 bridgehead atoms. The first-order valence-corrected chi connectivity index (χ1v) is 17.2. The quantitative estimate of drug-likeness (QED) is 0.128. The SMILES string of the molecule is C=C(CC[C@@H](C)[C@H]1CC[C@@]2(C)C3=C(C[C@H](O)[C@]12C)[C@@]1(C)CC[C@@H](OC(=O)C[C@](C)(O)CC(=O)O)[C@](C)(CO)[C@@H]1CC3)[C@H](C)C(=O)O. The summed E-state index contributed by atoms with van der Waals surface area (Å²) in [5.41, 5.74) is 0.233. The Kier molecular flexibility index (Phi) is 10.1. The first kappa shape index (κ1) is 36.6. The zero-order valence-corrected chi connectivity index (χ0v) is 29.0. The lowest BCUT2D eigenvalue weighted by Crippen LogP contribution is -2.60. The van der Waals surface area contributed by atoms with Gasteiger partial charge in [0.15, 0.2) is 0 Å². The molecule has 5 N–H and O–H groups in total. The molecule has 4 aliphatic carbocycles. The van der Waals surface area contributed by atoms with Crippen LogP contribution in [0, 0.1) is 45.3 Å². The fourth-order valence-electron chi connectivity index (χ4n) is 10.8. The van der Waals surface area contributed by atoms with E-state index >= 15 is 0 Å². The highest BCUT2D eigenvalue weighted by Gasteiger charge is 2.67. The standard InChI is InChI=1S/C37H58O9/c1-21(23(3)32(43)44)9-10-22(2)24-13-16-36(7)25-11-12-27-34(5,26(25)17-28(39)37(24,36)8)15-14-29(35(27,6)20-38)46-31(42)19-33(4,45)18-30(40)41/h22-24,27-29,38-39,45H,1,9-20H2,2-8H3,(H,40,41)(H,43,44)/t22-,23+,24-,27-,28+,29-,33-,34-,35-,36+,37+/m1/s1. The fraction of sp³-hybridized carbons (Fsp3) is 0.811. The predicted molar refractivity (Wildman–Crippen MR) is 174 cm³/mol. The molecule has 9 heteroatoms. The largest absolute Gasteiger partial charge is 0.481 e. The number of carbonyl (C=O) groups is 3. The van der Waals surface area contributed by atoms with Gasteiger partial charge in [-0.05, 0) is 100 Å². The summed E-state index contributed by atoms with van der Waals surface area (Å²) in [5, 5.41) is 51.9. The monoisotopic (exact) mass is 646 g/mol. The number of aliphatic carboxylic acids is 2. The van der Waals surface area contributed by atoms with Crippen LogP contribution in [0.25, 0.3) is 0 Å². The zero-order valence-electron chi connectivity index (χ0n) is 29.0. The second-order valence-corrected chi connectivity index (χ2v) is 16.6. The van der Waals surface area contributed by atoms with E-state index < -0.39 is 59.9 Å². The molecule has 0 aliphatic heterocycles. The molecule has 0 aromatic heterocycles. The zero-order chi connectivity index (χ0) is 34.6. The molecule has 11 atom stereocenters. The number of ether oxygens (including phenoxy) is 1. The van der Waals surface area contributed by atoms with E-state index in [1.54, 1.807) is 6.92 Å². The second kappa shape index (κ2) is 12.7. The molecule has 0 aromatic carbocycles. The smallest absolute Gasteiger partial charge is 0.310 e. The summed E-state index contributed by atoms with van der Waals surface area (Å²) in [6.45, 7) is 18.0. The highest BCUT2D eigenvalue weighted by Crippen LogP contribution is 2.72. The van der Waals surface area contributed by atoms with Crippen LogP contribution in [0.2, 0.25) is 0 Å². The predicted octanol–water partition coefficient (Wildman–Crippen LogP) is 5.90. The Morgan fingerprint density at radius 1 is 1.02 bits per heavy atom. The molecular formula is C37H58O9. The van der Waals surface area contributed by atoms with E-state index in [-0.39, 0.29) is 34.7 Å². The summed E-state index contributed by atoms with van der Waals surface area (Å²) >= 11 is 0. The highest BCUT2D eigenvalue weighted by molar-refractivity contribution is 5.74. The summed E-state index contributed by atoms with van der Waals surface area (Å²) in [7, 11) is 0. The van der Waals surface area contributed by atoms with Crippen molar-refractivity contribution in [2.45, 2.75) is 137 Å². The molecule has 9 nitrogen and oxygen atoms in total. The topological polar surface area (TPSA) is 162 Å². The van der Waals surface area contributed by atoms with Crippen LogP contribution in [-0.2, 0) is 19.1 Å². The lowest BCUT2D eigenvalue weighted by Gasteiger charge is -2.63. The van der Waals surface area contributed by atoms with Crippen LogP contribution >= 0.6 is 0 Å². The second-order valence-electron chi connectivity index (χ2n) is 16.6. The summed E-state index contributed by atoms with van der Waals surface area (Å²) in [6, 6.07) is 0. The van der Waals surface area contributed by atoms with Crippen molar-refractivity contribution in [2.24, 2.45) is 45.3 Å². The van der Waals surface area contributed by atoms with Crippen molar-refractivity contribution in [3.8, 4) is 0 Å². The van der Waals surface area contributed by atoms with Gasteiger partial charge in [-0.1, -0.05) is 57.9 Å². The van der Waals surface area contributed by atoms with Gasteiger partial charge in [-0.25, -0.2) is 0 Å². The maximum absolute atomic E-state index is 12.9. The lowest BCUT2D eigenvalue weighted by molar-refractivity contribution is -0.183. The number of carbonyl (C=O) groups excluding carboxylic acids is 1. The molecule has 2 saturated carbocycles. The average Bonchev–Trinajstić information content (AvgIpc) is 3.24. The molecular weight excluding hydrogens is 588 g/mol. The van der Waals surface area contributed by atoms with E-state index in [4.69, 9.17) is 9.84 Å². The van der Waals surface area contributed by atoms with Crippen LogP contribution in [0.1, 0.15) is 119 Å². The number of carboxylic acids is 2. The maximum Gasteiger partial charge on any atom is 0.310 e. The van der Waals surface area contributed by atoms with Gasteiger partial charge in [0.1, 0.15) is 6.10 Å². The molecule has 4 aliphatic rings. The van der Waals surface area contributed by atoms with E-state index in [0.29, 0.717) is 25.2 Å². The molecule has 0 spiro atoms. The van der Waals surface area contributed by atoms with Gasteiger partial charge in [0.25, 0.3) is 0 Å². The first-order chi connectivity index (χ1) is 21.2. The van der Waals surface area contributed by atoms with Crippen LogP contribution in [0.3, 0.4) is 0 Å². The van der Waals surface area contributed by atoms with Crippen LogP contribution < -0.4 is 0 Å². The lowest BCUT2D eigenvalue weighted by atomic mass is 9.42. The van der Waals surface area contributed by atoms with Crippen molar-refractivity contribution in [3.63, 3.8) is 0 Å². The minimum Gasteiger partial charge on any atom is -0.481 e. The van der Waals surface area contributed by atoms with Gasteiger partial charge in [-0.15, -0.1) is 0 Å². The molecule has 2 fully saturated rings. The molecule has 260 valence electrons. The van der Waals surface area contributed by atoms with Gasteiger partial charge < -0.3 is 30.3 Å². The highest BCUT2D eigenvalue weighted by atomic mass is 16.5. The molecule has 0 aromatic rings. The average molecular weight is 647 g/mol. The van der Waals surface area contributed by atoms with E-state index in [2.05, 4.69) is 34.3 Å². The Labute approximate surface area is 274 Å². The van der Waals surface area contributed by atoms with E-state index in [1.165, 1.54) is 18.1 Å². The van der Waals surface area contributed by atoms with Gasteiger partial charge >= 0.3 is 17.9 Å². The van der Waals surface area contributed by atoms with Crippen molar-refractivity contribution < 1.29 is 44.7 Å². The maximum atomic E-state index is 12.9. The molecule has 4 rings (SSSR count). The van der Waals surface area contributed by atoms with Gasteiger partial charge in [0, 0.05) is 10.8 Å². The Hall–Kier alpha value is -2.23. The van der Waals surface area contributed by atoms with Crippen molar-refractivity contribution in [3.05, 3.63) is 23.3 Å². The number of esters is 1. The molecule has 0 amide bonds. The van der Waals surface area contributed by atoms with Crippen LogP contribution in [0.5, 0.6) is 0 Å². The number of carboxylic acid groups (broad SMARTS) is 2. The van der Waals surface area contributed by atoms with Gasteiger partial charge in [0.2, 0.25) is 0 Å². The number of fused-ring (bicyclic) bond motifs is 4. The normalized spacial score (nSPS) is 39.7. The van der Waals surface area contributed by atoms with Crippen LogP contribution in [-0.4, -0.2) is 67.9 Å². The third-order valence-corrected chi connectivity index (χ3v) is 13.9. The number of aliphatic hydroxyl groups is 3. The molecule has 0 heterocycles. The Morgan fingerprint density at radius 3 is 2.26 bits per heavy atom. The van der Waals surface area contributed by atoms with E-state index in [0.717, 1.165) is 44.1 Å². The van der Waals surface area contributed by atoms with Crippen molar-refractivity contribution in [1.29, 1.82) is 0 Å².